The quantitative estimate of drug-likeness (QED) is 0.674. The predicted octanol–water partition coefficient (Wildman–Crippen LogP) is 2.92. The van der Waals surface area contributed by atoms with Gasteiger partial charge in [-0.1, -0.05) is 18.6 Å². The number of hydrogen-bond acceptors (Lipinski definition) is 7. The lowest BCUT2D eigenvalue weighted by atomic mass is 9.98. The van der Waals surface area contributed by atoms with Gasteiger partial charge < -0.3 is 24.0 Å². The molecule has 1 aliphatic heterocycles. The molecule has 2 fully saturated rings. The summed E-state index contributed by atoms with van der Waals surface area (Å²) in [7, 11) is 1.58. The molecule has 1 aliphatic carbocycles. The lowest BCUT2D eigenvalue weighted by Gasteiger charge is -2.35. The Morgan fingerprint density at radius 2 is 1.71 bits per heavy atom. The van der Waals surface area contributed by atoms with Gasteiger partial charge in [-0.05, 0) is 43.9 Å². The molecular weight excluding hydrogens is 396 g/mol. The molecule has 1 saturated carbocycles. The molecule has 31 heavy (non-hydrogen) atoms. The lowest BCUT2D eigenvalue weighted by Crippen LogP contribution is -2.50. The summed E-state index contributed by atoms with van der Waals surface area (Å²) in [6.07, 6.45) is 6.21. The number of carbonyl (C=O) groups excluding carboxylic acids is 1. The fourth-order valence-corrected chi connectivity index (χ4v) is 4.05. The van der Waals surface area contributed by atoms with Crippen molar-refractivity contribution in [2.24, 2.45) is 0 Å². The first kappa shape index (κ1) is 21.2. The molecule has 0 spiro atoms. The molecule has 2 aromatic rings. The van der Waals surface area contributed by atoms with Crippen LogP contribution in [0.5, 0.6) is 17.4 Å². The second-order valence-corrected chi connectivity index (χ2v) is 7.92. The summed E-state index contributed by atoms with van der Waals surface area (Å²) >= 11 is 0. The molecule has 0 radical (unpaired) electrons. The van der Waals surface area contributed by atoms with Crippen LogP contribution in [0.15, 0.2) is 36.4 Å². The van der Waals surface area contributed by atoms with Crippen molar-refractivity contribution in [3.8, 4) is 17.4 Å². The number of hydrogen-bond donors (Lipinski definition) is 0. The number of ether oxygens (including phenoxy) is 3. The Morgan fingerprint density at radius 3 is 2.39 bits per heavy atom. The number of methoxy groups -OCH3 is 1. The van der Waals surface area contributed by atoms with Crippen molar-refractivity contribution >= 4 is 11.7 Å². The molecule has 2 heterocycles. The molecular formula is C23H30N4O4. The molecule has 8 nitrogen and oxygen atoms in total. The third kappa shape index (κ3) is 5.57. The summed E-state index contributed by atoms with van der Waals surface area (Å²) in [4.78, 5) is 16.5. The molecule has 1 saturated heterocycles. The van der Waals surface area contributed by atoms with E-state index in [9.17, 15) is 4.79 Å². The maximum Gasteiger partial charge on any atom is 0.260 e. The summed E-state index contributed by atoms with van der Waals surface area (Å²) in [5.41, 5.74) is 0. The maximum absolute atomic E-state index is 12.5. The average Bonchev–Trinajstić information content (AvgIpc) is 2.84. The van der Waals surface area contributed by atoms with E-state index in [1.807, 2.05) is 35.2 Å². The van der Waals surface area contributed by atoms with Crippen LogP contribution in [0, 0.1) is 0 Å². The Morgan fingerprint density at radius 1 is 0.968 bits per heavy atom. The molecule has 1 aromatic heterocycles. The zero-order valence-electron chi connectivity index (χ0n) is 18.0. The van der Waals surface area contributed by atoms with Crippen molar-refractivity contribution in [1.29, 1.82) is 0 Å². The van der Waals surface area contributed by atoms with Gasteiger partial charge in [0, 0.05) is 32.2 Å². The van der Waals surface area contributed by atoms with Crippen molar-refractivity contribution in [2.75, 3.05) is 44.8 Å². The highest BCUT2D eigenvalue weighted by Gasteiger charge is 2.23. The average molecular weight is 427 g/mol. The Balaban J connectivity index is 1.24. The minimum absolute atomic E-state index is 0.00657. The Hall–Kier alpha value is -3.03. The van der Waals surface area contributed by atoms with Crippen LogP contribution in [-0.2, 0) is 4.79 Å². The lowest BCUT2D eigenvalue weighted by molar-refractivity contribution is -0.133. The minimum Gasteiger partial charge on any atom is -0.493 e. The molecule has 0 bridgehead atoms. The predicted molar refractivity (Wildman–Crippen MR) is 117 cm³/mol. The van der Waals surface area contributed by atoms with Gasteiger partial charge in [0.25, 0.3) is 5.91 Å². The van der Waals surface area contributed by atoms with Gasteiger partial charge >= 0.3 is 0 Å². The molecule has 8 heteroatoms. The van der Waals surface area contributed by atoms with E-state index < -0.39 is 0 Å². The van der Waals surface area contributed by atoms with Crippen LogP contribution in [-0.4, -0.2) is 67.0 Å². The number of nitrogens with zero attached hydrogens (tertiary/aromatic N) is 4. The van der Waals surface area contributed by atoms with E-state index in [4.69, 9.17) is 14.2 Å². The number of rotatable bonds is 7. The maximum atomic E-state index is 12.5. The van der Waals surface area contributed by atoms with Crippen LogP contribution in [0.2, 0.25) is 0 Å². The second kappa shape index (κ2) is 10.3. The zero-order chi connectivity index (χ0) is 21.5. The van der Waals surface area contributed by atoms with Crippen LogP contribution in [0.25, 0.3) is 0 Å². The standard InChI is InChI=1S/C23H30N4O4/c1-29-19-9-5-6-10-20(19)30-17-23(28)27-15-13-26(14-16-27)21-11-12-22(25-24-21)31-18-7-3-2-4-8-18/h5-6,9-12,18H,2-4,7-8,13-17H2,1H3. The van der Waals surface area contributed by atoms with Crippen LogP contribution in [0.1, 0.15) is 32.1 Å². The number of amides is 1. The molecule has 0 unspecified atom stereocenters. The Labute approximate surface area is 183 Å². The van der Waals surface area contributed by atoms with Gasteiger partial charge in [0.15, 0.2) is 23.9 Å². The minimum atomic E-state index is -0.0344. The fourth-order valence-electron chi connectivity index (χ4n) is 4.05. The van der Waals surface area contributed by atoms with E-state index in [1.165, 1.54) is 19.3 Å². The largest absolute Gasteiger partial charge is 0.493 e. The summed E-state index contributed by atoms with van der Waals surface area (Å²) in [6, 6.07) is 11.2. The van der Waals surface area contributed by atoms with Gasteiger partial charge in [0.05, 0.1) is 7.11 Å². The van der Waals surface area contributed by atoms with Crippen molar-refractivity contribution < 1.29 is 19.0 Å². The van der Waals surface area contributed by atoms with Gasteiger partial charge in [-0.25, -0.2) is 0 Å². The van der Waals surface area contributed by atoms with Crippen LogP contribution < -0.4 is 19.1 Å². The Bertz CT molecular complexity index is 847. The highest BCUT2D eigenvalue weighted by molar-refractivity contribution is 5.78. The van der Waals surface area contributed by atoms with E-state index in [0.717, 1.165) is 18.7 Å². The SMILES string of the molecule is COc1ccccc1OCC(=O)N1CCN(c2ccc(OC3CCCCC3)nn2)CC1. The van der Waals surface area contributed by atoms with Gasteiger partial charge in [-0.15, -0.1) is 10.2 Å². The third-order valence-corrected chi connectivity index (χ3v) is 5.84. The van der Waals surface area contributed by atoms with Crippen molar-refractivity contribution in [2.45, 2.75) is 38.2 Å². The summed E-state index contributed by atoms with van der Waals surface area (Å²) in [6.45, 7) is 2.65. The molecule has 1 amide bonds. The highest BCUT2D eigenvalue weighted by Crippen LogP contribution is 2.26. The third-order valence-electron chi connectivity index (χ3n) is 5.84. The van der Waals surface area contributed by atoms with E-state index in [-0.39, 0.29) is 18.6 Å². The monoisotopic (exact) mass is 426 g/mol. The number of piperazine rings is 1. The van der Waals surface area contributed by atoms with Crippen LogP contribution in [0.4, 0.5) is 5.82 Å². The number of aromatic nitrogens is 2. The van der Waals surface area contributed by atoms with Gasteiger partial charge in [0.2, 0.25) is 5.88 Å². The van der Waals surface area contributed by atoms with Gasteiger partial charge in [-0.3, -0.25) is 4.79 Å². The first-order valence-electron chi connectivity index (χ1n) is 11.0. The Kier molecular flexibility index (Phi) is 7.07. The number of benzene rings is 1. The molecule has 1 aromatic carbocycles. The summed E-state index contributed by atoms with van der Waals surface area (Å²) in [5, 5.41) is 8.60. The fraction of sp³-hybridized carbons (Fsp3) is 0.522. The topological polar surface area (TPSA) is 77.0 Å². The summed E-state index contributed by atoms with van der Waals surface area (Å²) < 4.78 is 16.9. The molecule has 2 aliphatic rings. The zero-order valence-corrected chi connectivity index (χ0v) is 18.0. The van der Waals surface area contributed by atoms with Gasteiger partial charge in [0.1, 0.15) is 6.10 Å². The number of carbonyl (C=O) groups is 1. The first-order chi connectivity index (χ1) is 15.2. The molecule has 166 valence electrons. The normalized spacial score (nSPS) is 17.3. The smallest absolute Gasteiger partial charge is 0.260 e. The number of para-hydroxylation sites is 2. The van der Waals surface area contributed by atoms with Crippen molar-refractivity contribution in [1.82, 2.24) is 15.1 Å². The van der Waals surface area contributed by atoms with Gasteiger partial charge in [-0.2, -0.15) is 0 Å². The summed E-state index contributed by atoms with van der Waals surface area (Å²) in [5.74, 6) is 2.57. The van der Waals surface area contributed by atoms with E-state index in [1.54, 1.807) is 13.2 Å². The highest BCUT2D eigenvalue weighted by atomic mass is 16.5. The van der Waals surface area contributed by atoms with Crippen LogP contribution >= 0.6 is 0 Å². The van der Waals surface area contributed by atoms with Crippen molar-refractivity contribution in [3.63, 3.8) is 0 Å². The van der Waals surface area contributed by atoms with E-state index in [2.05, 4.69) is 15.1 Å². The van der Waals surface area contributed by atoms with E-state index in [0.29, 0.717) is 43.6 Å². The number of anilines is 1. The van der Waals surface area contributed by atoms with Crippen molar-refractivity contribution in [3.05, 3.63) is 36.4 Å². The van der Waals surface area contributed by atoms with E-state index >= 15 is 0 Å². The van der Waals surface area contributed by atoms with Crippen LogP contribution in [0.3, 0.4) is 0 Å². The first-order valence-corrected chi connectivity index (χ1v) is 11.0. The second-order valence-electron chi connectivity index (χ2n) is 7.92. The molecule has 0 atom stereocenters. The molecule has 4 rings (SSSR count). The molecule has 0 N–H and O–H groups in total.